The summed E-state index contributed by atoms with van der Waals surface area (Å²) >= 11 is 0. The fourth-order valence-electron chi connectivity index (χ4n) is 8.47. The van der Waals surface area contributed by atoms with E-state index in [9.17, 15) is 0 Å². The molecule has 250 valence electrons. The topological polar surface area (TPSA) is 25.8 Å². The molecule has 0 radical (unpaired) electrons. The molecule has 0 spiro atoms. The highest BCUT2D eigenvalue weighted by atomic mass is 14.9. The maximum atomic E-state index is 5.43. The quantitative estimate of drug-likeness (QED) is 0.181. The van der Waals surface area contributed by atoms with E-state index in [1.54, 1.807) is 0 Å². The van der Waals surface area contributed by atoms with Crippen LogP contribution in [0.25, 0.3) is 88.8 Å². The van der Waals surface area contributed by atoms with Crippen LogP contribution in [0.2, 0.25) is 0 Å². The Balaban J connectivity index is 1.28. The van der Waals surface area contributed by atoms with Crippen LogP contribution in [0.3, 0.4) is 0 Å². The summed E-state index contributed by atoms with van der Waals surface area (Å²) in [5.41, 5.74) is 14.8. The molecule has 0 aliphatic heterocycles. The van der Waals surface area contributed by atoms with Gasteiger partial charge in [-0.2, -0.15) is 0 Å². The maximum Gasteiger partial charge on any atom is 0.160 e. The second-order valence-electron chi connectivity index (χ2n) is 14.5. The number of hydrogen-bond donors (Lipinski definition) is 0. The van der Waals surface area contributed by atoms with Crippen LogP contribution in [-0.4, -0.2) is 9.97 Å². The molecule has 0 amide bonds. The second kappa shape index (κ2) is 12.3. The first kappa shape index (κ1) is 31.1. The zero-order valence-corrected chi connectivity index (χ0v) is 29.7. The van der Waals surface area contributed by atoms with Crippen molar-refractivity contribution in [2.24, 2.45) is 0 Å². The summed E-state index contributed by atoms with van der Waals surface area (Å²) in [6, 6.07) is 65.4. The van der Waals surface area contributed by atoms with E-state index in [4.69, 9.17) is 9.97 Å². The Morgan fingerprint density at radius 2 is 0.943 bits per heavy atom. The molecule has 9 aromatic rings. The van der Waals surface area contributed by atoms with Crippen molar-refractivity contribution in [2.45, 2.75) is 19.3 Å². The minimum atomic E-state index is -0.147. The molecule has 2 heteroatoms. The van der Waals surface area contributed by atoms with Crippen LogP contribution in [0, 0.1) is 0 Å². The molecule has 2 nitrogen and oxygen atoms in total. The van der Waals surface area contributed by atoms with Crippen molar-refractivity contribution in [1.82, 2.24) is 9.97 Å². The average molecular weight is 677 g/mol. The van der Waals surface area contributed by atoms with Gasteiger partial charge in [-0.15, -0.1) is 0 Å². The first-order valence-electron chi connectivity index (χ1n) is 18.3. The molecular weight excluding hydrogens is 641 g/mol. The van der Waals surface area contributed by atoms with Crippen LogP contribution >= 0.6 is 0 Å². The third kappa shape index (κ3) is 5.10. The van der Waals surface area contributed by atoms with Crippen LogP contribution in [0.15, 0.2) is 182 Å². The summed E-state index contributed by atoms with van der Waals surface area (Å²) in [7, 11) is 0. The molecule has 53 heavy (non-hydrogen) atoms. The van der Waals surface area contributed by atoms with E-state index < -0.39 is 0 Å². The van der Waals surface area contributed by atoms with Gasteiger partial charge in [-0.1, -0.05) is 178 Å². The first-order valence-corrected chi connectivity index (χ1v) is 18.3. The maximum absolute atomic E-state index is 5.43. The number of rotatable bonds is 5. The predicted octanol–water partition coefficient (Wildman–Crippen LogP) is 13.4. The molecule has 0 saturated carbocycles. The van der Waals surface area contributed by atoms with Crippen molar-refractivity contribution in [3.63, 3.8) is 0 Å². The summed E-state index contributed by atoms with van der Waals surface area (Å²) < 4.78 is 0. The minimum absolute atomic E-state index is 0.147. The minimum Gasteiger partial charge on any atom is -0.228 e. The third-order valence-electron chi connectivity index (χ3n) is 11.1. The van der Waals surface area contributed by atoms with E-state index in [1.807, 2.05) is 6.07 Å². The lowest BCUT2D eigenvalue weighted by Crippen LogP contribution is -2.14. The van der Waals surface area contributed by atoms with Crippen LogP contribution in [-0.2, 0) is 5.41 Å². The third-order valence-corrected chi connectivity index (χ3v) is 11.1. The largest absolute Gasteiger partial charge is 0.228 e. The highest BCUT2D eigenvalue weighted by molar-refractivity contribution is 6.08. The van der Waals surface area contributed by atoms with Gasteiger partial charge < -0.3 is 0 Å². The molecule has 1 aromatic heterocycles. The Kier molecular flexibility index (Phi) is 7.19. The van der Waals surface area contributed by atoms with E-state index in [-0.39, 0.29) is 5.41 Å². The zero-order chi connectivity index (χ0) is 35.5. The highest BCUT2D eigenvalue weighted by Gasteiger charge is 2.37. The normalized spacial score (nSPS) is 12.9. The zero-order valence-electron chi connectivity index (χ0n) is 29.7. The van der Waals surface area contributed by atoms with Gasteiger partial charge in [0.05, 0.1) is 11.4 Å². The predicted molar refractivity (Wildman–Crippen MR) is 222 cm³/mol. The fraction of sp³-hybridized carbons (Fsp3) is 0.0588. The van der Waals surface area contributed by atoms with Crippen LogP contribution in [0.5, 0.6) is 0 Å². The smallest absolute Gasteiger partial charge is 0.160 e. The summed E-state index contributed by atoms with van der Waals surface area (Å²) in [6.07, 6.45) is 0. The second-order valence-corrected chi connectivity index (χ2v) is 14.5. The summed E-state index contributed by atoms with van der Waals surface area (Å²) in [5.74, 6) is 0.705. The monoisotopic (exact) mass is 676 g/mol. The first-order chi connectivity index (χ1) is 26.0. The van der Waals surface area contributed by atoms with Crippen molar-refractivity contribution in [3.05, 3.63) is 193 Å². The Morgan fingerprint density at radius 1 is 0.358 bits per heavy atom. The molecule has 0 unspecified atom stereocenters. The number of hydrogen-bond acceptors (Lipinski definition) is 2. The van der Waals surface area contributed by atoms with Gasteiger partial charge in [-0.25, -0.2) is 9.97 Å². The number of nitrogens with zero attached hydrogens (tertiary/aromatic N) is 2. The molecule has 0 atom stereocenters. The number of aromatic nitrogens is 2. The lowest BCUT2D eigenvalue weighted by atomic mass is 9.81. The van der Waals surface area contributed by atoms with Gasteiger partial charge in [0.2, 0.25) is 0 Å². The average Bonchev–Trinajstić information content (AvgIpc) is 3.45. The van der Waals surface area contributed by atoms with Gasteiger partial charge in [-0.05, 0) is 84.3 Å². The molecule has 1 heterocycles. The van der Waals surface area contributed by atoms with Crippen molar-refractivity contribution in [3.8, 4) is 67.3 Å². The molecule has 1 aliphatic rings. The van der Waals surface area contributed by atoms with Crippen molar-refractivity contribution in [2.75, 3.05) is 0 Å². The van der Waals surface area contributed by atoms with E-state index >= 15 is 0 Å². The summed E-state index contributed by atoms with van der Waals surface area (Å²) in [4.78, 5) is 10.7. The molecule has 0 fully saturated rings. The molecule has 0 saturated heterocycles. The summed E-state index contributed by atoms with van der Waals surface area (Å²) in [6.45, 7) is 4.73. The van der Waals surface area contributed by atoms with Crippen molar-refractivity contribution >= 4 is 21.5 Å². The summed E-state index contributed by atoms with van der Waals surface area (Å²) in [5, 5.41) is 4.88. The fourth-order valence-corrected chi connectivity index (χ4v) is 8.47. The number of benzene rings is 8. The lowest BCUT2D eigenvalue weighted by molar-refractivity contribution is 0.661. The molecule has 1 aliphatic carbocycles. The van der Waals surface area contributed by atoms with Crippen molar-refractivity contribution < 1.29 is 0 Å². The Bertz CT molecular complexity index is 2850. The highest BCUT2D eigenvalue weighted by Crippen LogP contribution is 2.54. The SMILES string of the molecule is CC1(C)c2cc3ccccc3cc2-c2c(-c3ccc4ccccc4c3-c3cc(-c4ccccc4-c4ccccc4)nc(-c4ccccc4)n3)cccc21. The van der Waals surface area contributed by atoms with E-state index in [2.05, 4.69) is 190 Å². The van der Waals surface area contributed by atoms with Gasteiger partial charge in [0.1, 0.15) is 0 Å². The Hall–Kier alpha value is -6.64. The van der Waals surface area contributed by atoms with E-state index in [0.29, 0.717) is 5.82 Å². The molecule has 0 N–H and O–H groups in total. The van der Waals surface area contributed by atoms with Crippen LogP contribution in [0.4, 0.5) is 0 Å². The van der Waals surface area contributed by atoms with Gasteiger partial charge in [0, 0.05) is 22.1 Å². The van der Waals surface area contributed by atoms with Gasteiger partial charge >= 0.3 is 0 Å². The van der Waals surface area contributed by atoms with Gasteiger partial charge in [-0.3, -0.25) is 0 Å². The Labute approximate surface area is 310 Å². The van der Waals surface area contributed by atoms with Crippen LogP contribution < -0.4 is 0 Å². The molecule has 0 bridgehead atoms. The Morgan fingerprint density at radius 3 is 1.72 bits per heavy atom. The van der Waals surface area contributed by atoms with E-state index in [1.165, 1.54) is 49.4 Å². The molecule has 8 aromatic carbocycles. The van der Waals surface area contributed by atoms with Gasteiger partial charge in [0.25, 0.3) is 0 Å². The van der Waals surface area contributed by atoms with Gasteiger partial charge in [0.15, 0.2) is 5.82 Å². The lowest BCUT2D eigenvalue weighted by Gasteiger charge is -2.22. The standard InChI is InChI=1S/C51H36N2/c1-51(2)44-27-15-26-41(48(44)43-30-36-21-9-10-22-37(36)31-45(43)51)42-29-28-34-18-11-12-24-39(34)49(42)47-32-46(52-50(53-47)35-19-7-4-8-20-35)40-25-14-13-23-38(40)33-16-5-3-6-17-33/h3-32H,1-2H3. The molecular formula is C51H36N2. The van der Waals surface area contributed by atoms with Crippen LogP contribution in [0.1, 0.15) is 25.0 Å². The van der Waals surface area contributed by atoms with Crippen molar-refractivity contribution in [1.29, 1.82) is 0 Å². The number of fused-ring (bicyclic) bond motifs is 5. The molecule has 10 rings (SSSR count). The van der Waals surface area contributed by atoms with E-state index in [0.717, 1.165) is 44.8 Å².